The Morgan fingerprint density at radius 3 is 3.00 bits per heavy atom. The van der Waals surface area contributed by atoms with Gasteiger partial charge in [0.2, 0.25) is 0 Å². The summed E-state index contributed by atoms with van der Waals surface area (Å²) in [6.45, 7) is 7.22. The maximum Gasteiger partial charge on any atom is 0.333 e. The van der Waals surface area contributed by atoms with Gasteiger partial charge in [-0.3, -0.25) is 0 Å². The lowest BCUT2D eigenvalue weighted by atomic mass is 10.2. The number of cyclic esters (lactones) is 1. The van der Waals surface area contributed by atoms with Gasteiger partial charge in [0, 0.05) is 23.5 Å². The van der Waals surface area contributed by atoms with E-state index in [1.54, 1.807) is 11.8 Å². The van der Waals surface area contributed by atoms with Crippen LogP contribution in [0.15, 0.2) is 24.8 Å². The molecule has 1 aliphatic rings. The quantitative estimate of drug-likeness (QED) is 0.288. The SMILES string of the molecule is C=CCSCC1CC(=C)C(=O)O1. The third-order valence-corrected chi connectivity index (χ3v) is 2.65. The molecule has 0 N–H and O–H groups in total. The van der Waals surface area contributed by atoms with Crippen molar-refractivity contribution in [3.8, 4) is 0 Å². The molecule has 1 saturated heterocycles. The Kier molecular flexibility index (Phi) is 3.41. The van der Waals surface area contributed by atoms with Crippen LogP contribution < -0.4 is 0 Å². The van der Waals surface area contributed by atoms with E-state index in [1.165, 1.54) is 0 Å². The summed E-state index contributed by atoms with van der Waals surface area (Å²) in [5.41, 5.74) is 0.596. The second-order valence-electron chi connectivity index (χ2n) is 2.66. The van der Waals surface area contributed by atoms with E-state index in [9.17, 15) is 4.79 Å². The van der Waals surface area contributed by atoms with Crippen LogP contribution in [0.25, 0.3) is 0 Å². The summed E-state index contributed by atoms with van der Waals surface area (Å²) >= 11 is 1.72. The standard InChI is InChI=1S/C9H12O2S/c1-3-4-12-6-8-5-7(2)9(10)11-8/h3,8H,1-2,4-6H2. The predicted molar refractivity (Wildman–Crippen MR) is 51.2 cm³/mol. The van der Waals surface area contributed by atoms with Gasteiger partial charge in [-0.15, -0.1) is 6.58 Å². The van der Waals surface area contributed by atoms with Crippen molar-refractivity contribution in [3.63, 3.8) is 0 Å². The lowest BCUT2D eigenvalue weighted by molar-refractivity contribution is -0.137. The second-order valence-corrected chi connectivity index (χ2v) is 3.74. The Labute approximate surface area is 76.7 Å². The molecular weight excluding hydrogens is 172 g/mol. The van der Waals surface area contributed by atoms with Crippen LogP contribution in [0.3, 0.4) is 0 Å². The van der Waals surface area contributed by atoms with Crippen LogP contribution in [-0.4, -0.2) is 23.6 Å². The molecule has 1 fully saturated rings. The lowest BCUT2D eigenvalue weighted by Crippen LogP contribution is -2.09. The molecule has 1 unspecified atom stereocenters. The van der Waals surface area contributed by atoms with Crippen molar-refractivity contribution in [2.45, 2.75) is 12.5 Å². The number of rotatable bonds is 4. The topological polar surface area (TPSA) is 26.3 Å². The molecule has 1 aliphatic heterocycles. The molecule has 1 rings (SSSR count). The lowest BCUT2D eigenvalue weighted by Gasteiger charge is -2.05. The maximum atomic E-state index is 10.9. The van der Waals surface area contributed by atoms with Crippen LogP contribution in [0.4, 0.5) is 0 Å². The van der Waals surface area contributed by atoms with Crippen LogP contribution in [0.2, 0.25) is 0 Å². The molecular formula is C9H12O2S. The molecule has 66 valence electrons. The molecule has 0 aliphatic carbocycles. The first kappa shape index (κ1) is 9.39. The van der Waals surface area contributed by atoms with Gasteiger partial charge in [-0.2, -0.15) is 11.8 Å². The molecule has 0 aromatic heterocycles. The molecule has 2 nitrogen and oxygen atoms in total. The molecule has 1 heterocycles. The van der Waals surface area contributed by atoms with E-state index in [0.29, 0.717) is 12.0 Å². The summed E-state index contributed by atoms with van der Waals surface area (Å²) in [5, 5.41) is 0. The van der Waals surface area contributed by atoms with Gasteiger partial charge in [0.05, 0.1) is 0 Å². The van der Waals surface area contributed by atoms with Gasteiger partial charge in [0.25, 0.3) is 0 Å². The number of carbonyl (C=O) groups is 1. The van der Waals surface area contributed by atoms with E-state index >= 15 is 0 Å². The van der Waals surface area contributed by atoms with E-state index in [0.717, 1.165) is 11.5 Å². The third kappa shape index (κ3) is 2.41. The number of thioether (sulfide) groups is 1. The van der Waals surface area contributed by atoms with Gasteiger partial charge in [-0.25, -0.2) is 4.79 Å². The first-order chi connectivity index (χ1) is 5.74. The predicted octanol–water partition coefficient (Wildman–Crippen LogP) is 1.78. The highest BCUT2D eigenvalue weighted by molar-refractivity contribution is 7.99. The Bertz CT molecular complexity index is 195. The monoisotopic (exact) mass is 184 g/mol. The number of ether oxygens (including phenoxy) is 1. The highest BCUT2D eigenvalue weighted by Gasteiger charge is 2.26. The van der Waals surface area contributed by atoms with Crippen molar-refractivity contribution < 1.29 is 9.53 Å². The summed E-state index contributed by atoms with van der Waals surface area (Å²) in [7, 11) is 0. The van der Waals surface area contributed by atoms with Gasteiger partial charge < -0.3 is 4.74 Å². The van der Waals surface area contributed by atoms with E-state index < -0.39 is 0 Å². The minimum absolute atomic E-state index is 0.0370. The first-order valence-corrected chi connectivity index (χ1v) is 4.97. The molecule has 1 atom stereocenters. The summed E-state index contributed by atoms with van der Waals surface area (Å²) in [6, 6.07) is 0. The number of esters is 1. The summed E-state index contributed by atoms with van der Waals surface area (Å²) in [4.78, 5) is 10.9. The molecule has 0 bridgehead atoms. The van der Waals surface area contributed by atoms with Crippen LogP contribution in [0, 0.1) is 0 Å². The fourth-order valence-electron chi connectivity index (χ4n) is 1.01. The van der Waals surface area contributed by atoms with Crippen molar-refractivity contribution in [1.29, 1.82) is 0 Å². The fourth-order valence-corrected chi connectivity index (χ4v) is 1.76. The Morgan fingerprint density at radius 1 is 1.75 bits per heavy atom. The van der Waals surface area contributed by atoms with Gasteiger partial charge in [-0.1, -0.05) is 12.7 Å². The molecule has 0 radical (unpaired) electrons. The Hall–Kier alpha value is -0.700. The average Bonchev–Trinajstić information content (AvgIpc) is 2.32. The number of hydrogen-bond acceptors (Lipinski definition) is 3. The molecule has 0 amide bonds. The zero-order valence-electron chi connectivity index (χ0n) is 6.91. The first-order valence-electron chi connectivity index (χ1n) is 3.81. The maximum absolute atomic E-state index is 10.9. The third-order valence-electron chi connectivity index (χ3n) is 1.58. The second kappa shape index (κ2) is 4.36. The summed E-state index contributed by atoms with van der Waals surface area (Å²) in [5.74, 6) is 1.51. The van der Waals surface area contributed by atoms with Crippen LogP contribution in [0.5, 0.6) is 0 Å². The molecule has 0 saturated carbocycles. The van der Waals surface area contributed by atoms with Crippen LogP contribution >= 0.6 is 11.8 Å². The van der Waals surface area contributed by atoms with Gasteiger partial charge in [-0.05, 0) is 0 Å². The van der Waals surface area contributed by atoms with E-state index in [2.05, 4.69) is 13.2 Å². The van der Waals surface area contributed by atoms with Crippen molar-refractivity contribution in [1.82, 2.24) is 0 Å². The zero-order valence-corrected chi connectivity index (χ0v) is 7.73. The van der Waals surface area contributed by atoms with Gasteiger partial charge >= 0.3 is 5.97 Å². The summed E-state index contributed by atoms with van der Waals surface area (Å²) < 4.78 is 5.03. The van der Waals surface area contributed by atoms with Crippen LogP contribution in [-0.2, 0) is 9.53 Å². The zero-order chi connectivity index (χ0) is 8.97. The van der Waals surface area contributed by atoms with E-state index in [1.807, 2.05) is 6.08 Å². The van der Waals surface area contributed by atoms with Crippen molar-refractivity contribution >= 4 is 17.7 Å². The highest BCUT2D eigenvalue weighted by atomic mass is 32.2. The highest BCUT2D eigenvalue weighted by Crippen LogP contribution is 2.21. The number of carbonyl (C=O) groups excluding carboxylic acids is 1. The van der Waals surface area contributed by atoms with E-state index in [-0.39, 0.29) is 12.1 Å². The minimum atomic E-state index is -0.237. The summed E-state index contributed by atoms with van der Waals surface area (Å²) in [6.07, 6.45) is 2.56. The molecule has 0 spiro atoms. The molecule has 12 heavy (non-hydrogen) atoms. The van der Waals surface area contributed by atoms with E-state index in [4.69, 9.17) is 4.74 Å². The fraction of sp³-hybridized carbons (Fsp3) is 0.444. The average molecular weight is 184 g/mol. The number of hydrogen-bond donors (Lipinski definition) is 0. The Morgan fingerprint density at radius 2 is 2.50 bits per heavy atom. The van der Waals surface area contributed by atoms with Gasteiger partial charge in [0.1, 0.15) is 6.10 Å². The molecule has 3 heteroatoms. The van der Waals surface area contributed by atoms with Gasteiger partial charge in [0.15, 0.2) is 0 Å². The largest absolute Gasteiger partial charge is 0.458 e. The molecule has 0 aromatic rings. The van der Waals surface area contributed by atoms with Crippen molar-refractivity contribution in [2.75, 3.05) is 11.5 Å². The van der Waals surface area contributed by atoms with Crippen molar-refractivity contribution in [3.05, 3.63) is 24.8 Å². The normalized spacial score (nSPS) is 22.5. The minimum Gasteiger partial charge on any atom is -0.458 e. The Balaban J connectivity index is 2.23. The van der Waals surface area contributed by atoms with Crippen molar-refractivity contribution in [2.24, 2.45) is 0 Å². The van der Waals surface area contributed by atoms with Crippen LogP contribution in [0.1, 0.15) is 6.42 Å². The smallest absolute Gasteiger partial charge is 0.333 e. The molecule has 0 aromatic carbocycles.